The molecule has 166 valence electrons. The molecule has 0 fully saturated rings. The van der Waals surface area contributed by atoms with Crippen molar-refractivity contribution in [3.05, 3.63) is 59.2 Å². The van der Waals surface area contributed by atoms with Gasteiger partial charge in [0.15, 0.2) is 17.5 Å². The molecule has 31 heavy (non-hydrogen) atoms. The van der Waals surface area contributed by atoms with Crippen LogP contribution in [0.1, 0.15) is 28.4 Å². The quantitative estimate of drug-likeness (QED) is 0.421. The van der Waals surface area contributed by atoms with Crippen molar-refractivity contribution < 1.29 is 14.3 Å². The Morgan fingerprint density at radius 3 is 2.68 bits per heavy atom. The third-order valence-electron chi connectivity index (χ3n) is 4.69. The molecule has 0 unspecified atom stereocenters. The van der Waals surface area contributed by atoms with E-state index >= 15 is 0 Å². The summed E-state index contributed by atoms with van der Waals surface area (Å²) < 4.78 is 10.8. The molecule has 1 aliphatic rings. The van der Waals surface area contributed by atoms with E-state index in [1.54, 1.807) is 0 Å². The van der Waals surface area contributed by atoms with Crippen LogP contribution in [0.25, 0.3) is 0 Å². The molecular formula is C23H31N5O3. The number of hydrogen-bond donors (Lipinski definition) is 3. The van der Waals surface area contributed by atoms with Crippen molar-refractivity contribution in [1.29, 1.82) is 0 Å². The first-order valence-electron chi connectivity index (χ1n) is 10.5. The predicted molar refractivity (Wildman–Crippen MR) is 122 cm³/mol. The van der Waals surface area contributed by atoms with Gasteiger partial charge < -0.3 is 30.3 Å². The molecule has 2 aromatic carbocycles. The largest absolute Gasteiger partial charge is 0.454 e. The molecule has 3 N–H and O–H groups in total. The molecule has 0 aliphatic carbocycles. The van der Waals surface area contributed by atoms with Crippen LogP contribution in [0.2, 0.25) is 0 Å². The van der Waals surface area contributed by atoms with Crippen LogP contribution in [-0.4, -0.2) is 57.3 Å². The van der Waals surface area contributed by atoms with E-state index in [2.05, 4.69) is 20.9 Å². The Balaban J connectivity index is 1.57. The molecule has 8 nitrogen and oxygen atoms in total. The summed E-state index contributed by atoms with van der Waals surface area (Å²) in [5.41, 5.74) is 2.69. The Kier molecular flexibility index (Phi) is 8.12. The molecule has 0 bridgehead atoms. The average Bonchev–Trinajstić information content (AvgIpc) is 3.23. The zero-order valence-corrected chi connectivity index (χ0v) is 18.4. The van der Waals surface area contributed by atoms with Crippen molar-refractivity contribution in [2.24, 2.45) is 4.99 Å². The van der Waals surface area contributed by atoms with Crippen molar-refractivity contribution in [1.82, 2.24) is 20.9 Å². The van der Waals surface area contributed by atoms with Gasteiger partial charge in [-0.25, -0.2) is 4.99 Å². The molecule has 8 heteroatoms. The molecule has 1 amide bonds. The summed E-state index contributed by atoms with van der Waals surface area (Å²) in [5, 5.41) is 9.52. The third kappa shape index (κ3) is 6.89. The first-order chi connectivity index (χ1) is 15.0. The number of rotatable bonds is 9. The predicted octanol–water partition coefficient (Wildman–Crippen LogP) is 1.96. The number of likely N-dealkylation sites (N-methyl/N-ethyl adjacent to an activating group) is 1. The second kappa shape index (κ2) is 11.2. The molecule has 0 radical (unpaired) electrons. The molecule has 0 spiro atoms. The molecule has 0 saturated carbocycles. The van der Waals surface area contributed by atoms with Crippen molar-refractivity contribution in [3.8, 4) is 11.5 Å². The van der Waals surface area contributed by atoms with E-state index in [9.17, 15) is 4.79 Å². The van der Waals surface area contributed by atoms with Gasteiger partial charge in [-0.05, 0) is 56.4 Å². The monoisotopic (exact) mass is 425 g/mol. The van der Waals surface area contributed by atoms with Gasteiger partial charge in [0, 0.05) is 31.7 Å². The highest BCUT2D eigenvalue weighted by molar-refractivity contribution is 5.94. The van der Waals surface area contributed by atoms with Gasteiger partial charge in [0.1, 0.15) is 0 Å². The lowest BCUT2D eigenvalue weighted by Gasteiger charge is -2.12. The van der Waals surface area contributed by atoms with Gasteiger partial charge in [0.05, 0.1) is 6.54 Å². The van der Waals surface area contributed by atoms with E-state index in [0.29, 0.717) is 31.2 Å². The number of nitrogens with zero attached hydrogens (tertiary/aromatic N) is 2. The molecule has 3 rings (SSSR count). The maximum Gasteiger partial charge on any atom is 0.251 e. The van der Waals surface area contributed by atoms with Crippen LogP contribution >= 0.6 is 0 Å². The van der Waals surface area contributed by atoms with Gasteiger partial charge in [0.2, 0.25) is 6.79 Å². The van der Waals surface area contributed by atoms with E-state index < -0.39 is 0 Å². The average molecular weight is 426 g/mol. The van der Waals surface area contributed by atoms with Crippen LogP contribution in [0, 0.1) is 0 Å². The van der Waals surface area contributed by atoms with Crippen molar-refractivity contribution in [2.45, 2.75) is 20.0 Å². The molecule has 1 aliphatic heterocycles. The van der Waals surface area contributed by atoms with Crippen LogP contribution < -0.4 is 25.4 Å². The summed E-state index contributed by atoms with van der Waals surface area (Å²) in [6, 6.07) is 13.5. The Hall–Kier alpha value is -3.26. The van der Waals surface area contributed by atoms with Crippen molar-refractivity contribution in [3.63, 3.8) is 0 Å². The van der Waals surface area contributed by atoms with Gasteiger partial charge in [0.25, 0.3) is 5.91 Å². The molecule has 0 atom stereocenters. The first kappa shape index (κ1) is 22.4. The van der Waals surface area contributed by atoms with Gasteiger partial charge in [-0.1, -0.05) is 18.2 Å². The van der Waals surface area contributed by atoms with Crippen molar-refractivity contribution in [2.75, 3.05) is 40.5 Å². The number of fused-ring (bicyclic) bond motifs is 1. The number of hydrogen-bond acceptors (Lipinski definition) is 5. The Bertz CT molecular complexity index is 914. The summed E-state index contributed by atoms with van der Waals surface area (Å²) >= 11 is 0. The second-order valence-electron chi connectivity index (χ2n) is 7.50. The summed E-state index contributed by atoms with van der Waals surface area (Å²) in [6.45, 7) is 5.53. The minimum Gasteiger partial charge on any atom is -0.454 e. The Labute approximate surface area is 183 Å². The zero-order chi connectivity index (χ0) is 22.1. The maximum absolute atomic E-state index is 12.3. The number of guanidine groups is 1. The van der Waals surface area contributed by atoms with Crippen molar-refractivity contribution >= 4 is 11.9 Å². The molecular weight excluding hydrogens is 394 g/mol. The van der Waals surface area contributed by atoms with Gasteiger partial charge in [-0.15, -0.1) is 0 Å². The van der Waals surface area contributed by atoms with Gasteiger partial charge in [-0.2, -0.15) is 0 Å². The number of amides is 1. The van der Waals surface area contributed by atoms with Crippen LogP contribution in [0.15, 0.2) is 47.5 Å². The minimum atomic E-state index is -0.0690. The highest BCUT2D eigenvalue weighted by Crippen LogP contribution is 2.32. The normalized spacial score (nSPS) is 12.7. The molecule has 0 aromatic heterocycles. The fourth-order valence-electron chi connectivity index (χ4n) is 3.05. The summed E-state index contributed by atoms with van der Waals surface area (Å²) in [5.74, 6) is 2.18. The van der Waals surface area contributed by atoms with Gasteiger partial charge in [-0.3, -0.25) is 4.79 Å². The fraction of sp³-hybridized carbons (Fsp3) is 0.391. The molecule has 1 heterocycles. The van der Waals surface area contributed by atoms with E-state index in [1.165, 1.54) is 0 Å². The van der Waals surface area contributed by atoms with Gasteiger partial charge >= 0.3 is 0 Å². The third-order valence-corrected chi connectivity index (χ3v) is 4.69. The smallest absolute Gasteiger partial charge is 0.251 e. The highest BCUT2D eigenvalue weighted by Gasteiger charge is 2.13. The maximum atomic E-state index is 12.3. The highest BCUT2D eigenvalue weighted by atomic mass is 16.7. The summed E-state index contributed by atoms with van der Waals surface area (Å²) in [6.07, 6.45) is 0. The Morgan fingerprint density at radius 2 is 1.87 bits per heavy atom. The summed E-state index contributed by atoms with van der Waals surface area (Å²) in [4.78, 5) is 19.0. The summed E-state index contributed by atoms with van der Waals surface area (Å²) in [7, 11) is 3.96. The second-order valence-corrected chi connectivity index (χ2v) is 7.50. The van der Waals surface area contributed by atoms with E-state index in [-0.39, 0.29) is 12.7 Å². The topological polar surface area (TPSA) is 87.2 Å². The minimum absolute atomic E-state index is 0.0690. The number of ether oxygens (including phenoxy) is 2. The lowest BCUT2D eigenvalue weighted by Crippen LogP contribution is -2.36. The van der Waals surface area contributed by atoms with Crippen LogP contribution in [-0.2, 0) is 13.1 Å². The van der Waals surface area contributed by atoms with Crippen LogP contribution in [0.5, 0.6) is 11.5 Å². The van der Waals surface area contributed by atoms with E-state index in [0.717, 1.165) is 35.7 Å². The number of carbonyl (C=O) groups is 1. The Morgan fingerprint density at radius 1 is 1.03 bits per heavy atom. The van der Waals surface area contributed by atoms with E-state index in [4.69, 9.17) is 9.47 Å². The number of nitrogens with one attached hydrogen (secondary N) is 3. The standard InChI is InChI=1S/C23H31N5O3/c1-4-24-23(27-15-18-8-9-20-21(13-18)31-16-30-20)26-14-17-6-5-7-19(12-17)22(29)25-10-11-28(2)3/h5-9,12-13H,4,10-11,14-16H2,1-3H3,(H,25,29)(H2,24,26,27). The van der Waals surface area contributed by atoms with Crippen LogP contribution in [0.3, 0.4) is 0 Å². The fourth-order valence-corrected chi connectivity index (χ4v) is 3.05. The van der Waals surface area contributed by atoms with E-state index in [1.807, 2.05) is 68.4 Å². The number of carbonyl (C=O) groups excluding carboxylic acids is 1. The molecule has 0 saturated heterocycles. The number of benzene rings is 2. The van der Waals surface area contributed by atoms with Crippen LogP contribution in [0.4, 0.5) is 0 Å². The first-order valence-corrected chi connectivity index (χ1v) is 10.5. The number of aliphatic imine (C=N–C) groups is 1. The SMILES string of the molecule is CCNC(=NCc1cccc(C(=O)NCCN(C)C)c1)NCc1ccc2c(c1)OCO2. The lowest BCUT2D eigenvalue weighted by atomic mass is 10.1. The zero-order valence-electron chi connectivity index (χ0n) is 18.4. The lowest BCUT2D eigenvalue weighted by molar-refractivity contribution is 0.0951. The molecule has 2 aromatic rings.